The highest BCUT2D eigenvalue weighted by Gasteiger charge is 2.17. The summed E-state index contributed by atoms with van der Waals surface area (Å²) in [6, 6.07) is 9.13. The molecule has 0 unspecified atom stereocenters. The van der Waals surface area contributed by atoms with Crippen molar-refractivity contribution in [3.05, 3.63) is 68.4 Å². The smallest absolute Gasteiger partial charge is 0.261 e. The third kappa shape index (κ3) is 2.84. The van der Waals surface area contributed by atoms with Crippen LogP contribution in [0.3, 0.4) is 0 Å². The minimum atomic E-state index is -0.530. The minimum absolute atomic E-state index is 0.0802. The molecule has 0 radical (unpaired) electrons. The quantitative estimate of drug-likeness (QED) is 0.714. The topological polar surface area (TPSA) is 64.0 Å². The lowest BCUT2D eigenvalue weighted by molar-refractivity contribution is 0.102. The molecule has 126 valence electrons. The molecular weight excluding hydrogens is 389 g/mol. The Labute approximate surface area is 150 Å². The fraction of sp³-hybridized carbons (Fsp3) is 0.167. The fourth-order valence-electron chi connectivity index (χ4n) is 3.01. The van der Waals surface area contributed by atoms with Gasteiger partial charge in [-0.2, -0.15) is 0 Å². The number of hydrogen-bond donors (Lipinski definition) is 1. The second-order valence-corrected chi connectivity index (χ2v) is 6.81. The maximum absolute atomic E-state index is 13.9. The molecule has 5 nitrogen and oxygen atoms in total. The molecule has 0 fully saturated rings. The van der Waals surface area contributed by atoms with Crippen molar-refractivity contribution in [1.29, 1.82) is 0 Å². The molecule has 1 aliphatic heterocycles. The number of fused-ring (bicyclic) bond motifs is 2. The number of anilines is 1. The van der Waals surface area contributed by atoms with Crippen molar-refractivity contribution < 1.29 is 9.18 Å². The van der Waals surface area contributed by atoms with Crippen molar-refractivity contribution in [2.75, 3.05) is 5.32 Å². The first kappa shape index (κ1) is 16.0. The normalized spacial score (nSPS) is 13.0. The van der Waals surface area contributed by atoms with E-state index < -0.39 is 11.7 Å². The van der Waals surface area contributed by atoms with Crippen molar-refractivity contribution >= 4 is 38.4 Å². The van der Waals surface area contributed by atoms with Crippen molar-refractivity contribution in [2.45, 2.75) is 19.4 Å². The predicted octanol–water partition coefficient (Wildman–Crippen LogP) is 3.50. The monoisotopic (exact) mass is 401 g/mol. The summed E-state index contributed by atoms with van der Waals surface area (Å²) in [6.45, 7) is 0.683. The SMILES string of the molecule is O=C(Nc1ccc(Br)cc1F)c1ccc2c(=O)n3c(nc2c1)CCC3. The molecule has 0 spiro atoms. The molecule has 1 aromatic heterocycles. The third-order valence-electron chi connectivity index (χ3n) is 4.26. The van der Waals surface area contributed by atoms with Crippen LogP contribution in [0.5, 0.6) is 0 Å². The molecule has 3 aromatic rings. The number of aryl methyl sites for hydroxylation is 1. The number of carbonyl (C=O) groups is 1. The van der Waals surface area contributed by atoms with Crippen LogP contribution in [0.1, 0.15) is 22.6 Å². The molecule has 4 rings (SSSR count). The molecule has 0 atom stereocenters. The Morgan fingerprint density at radius 2 is 2.08 bits per heavy atom. The standard InChI is InChI=1S/C18H13BrFN3O2/c19-11-4-6-14(13(20)9-11)22-17(24)10-3-5-12-15(8-10)21-16-2-1-7-23(16)18(12)25/h3-6,8-9H,1-2,7H2,(H,22,24). The highest BCUT2D eigenvalue weighted by Crippen LogP contribution is 2.21. The van der Waals surface area contributed by atoms with Gasteiger partial charge >= 0.3 is 0 Å². The molecule has 1 amide bonds. The van der Waals surface area contributed by atoms with Crippen LogP contribution in [0.15, 0.2) is 45.7 Å². The van der Waals surface area contributed by atoms with Crippen molar-refractivity contribution in [2.24, 2.45) is 0 Å². The Morgan fingerprint density at radius 1 is 1.24 bits per heavy atom. The van der Waals surface area contributed by atoms with Crippen LogP contribution in [0.2, 0.25) is 0 Å². The first-order chi connectivity index (χ1) is 12.0. The van der Waals surface area contributed by atoms with Crippen LogP contribution >= 0.6 is 15.9 Å². The molecule has 0 saturated carbocycles. The lowest BCUT2D eigenvalue weighted by Gasteiger charge is -2.09. The van der Waals surface area contributed by atoms with Crippen molar-refractivity contribution in [3.8, 4) is 0 Å². The zero-order chi connectivity index (χ0) is 17.6. The molecule has 25 heavy (non-hydrogen) atoms. The maximum atomic E-state index is 13.9. The molecule has 1 aliphatic rings. The van der Waals surface area contributed by atoms with Crippen molar-refractivity contribution in [3.63, 3.8) is 0 Å². The van der Waals surface area contributed by atoms with E-state index in [9.17, 15) is 14.0 Å². The van der Waals surface area contributed by atoms with Gasteiger partial charge in [0.25, 0.3) is 11.5 Å². The number of aromatic nitrogens is 2. The van der Waals surface area contributed by atoms with Gasteiger partial charge in [-0.05, 0) is 42.8 Å². The van der Waals surface area contributed by atoms with Gasteiger partial charge in [-0.25, -0.2) is 9.37 Å². The summed E-state index contributed by atoms with van der Waals surface area (Å²) in [7, 11) is 0. The van der Waals surface area contributed by atoms with Gasteiger partial charge in [-0.3, -0.25) is 14.2 Å². The van der Waals surface area contributed by atoms with Gasteiger partial charge in [0.15, 0.2) is 0 Å². The van der Waals surface area contributed by atoms with Gasteiger partial charge in [0, 0.05) is 23.0 Å². The van der Waals surface area contributed by atoms with Crippen LogP contribution in [0.4, 0.5) is 10.1 Å². The first-order valence-corrected chi connectivity index (χ1v) is 8.62. The summed E-state index contributed by atoms with van der Waals surface area (Å²) in [4.78, 5) is 29.3. The van der Waals surface area contributed by atoms with E-state index in [0.29, 0.717) is 27.5 Å². The molecule has 0 aliphatic carbocycles. The van der Waals surface area contributed by atoms with Crippen LogP contribution in [0.25, 0.3) is 10.9 Å². The van der Waals surface area contributed by atoms with Gasteiger partial charge in [-0.15, -0.1) is 0 Å². The van der Waals surface area contributed by atoms with E-state index in [-0.39, 0.29) is 11.2 Å². The summed E-state index contributed by atoms with van der Waals surface area (Å²) in [5, 5.41) is 3.02. The number of hydrogen-bond acceptors (Lipinski definition) is 3. The molecular formula is C18H13BrFN3O2. The highest BCUT2D eigenvalue weighted by molar-refractivity contribution is 9.10. The fourth-order valence-corrected chi connectivity index (χ4v) is 3.34. The number of amides is 1. The van der Waals surface area contributed by atoms with E-state index in [1.807, 2.05) is 0 Å². The molecule has 0 bridgehead atoms. The van der Waals surface area contributed by atoms with E-state index >= 15 is 0 Å². The summed E-state index contributed by atoms with van der Waals surface area (Å²) < 4.78 is 16.2. The third-order valence-corrected chi connectivity index (χ3v) is 4.75. The van der Waals surface area contributed by atoms with E-state index in [1.54, 1.807) is 28.8 Å². The van der Waals surface area contributed by atoms with E-state index in [4.69, 9.17) is 0 Å². The van der Waals surface area contributed by atoms with E-state index in [2.05, 4.69) is 26.2 Å². The van der Waals surface area contributed by atoms with Crippen LogP contribution in [0, 0.1) is 5.82 Å². The number of nitrogens with zero attached hydrogens (tertiary/aromatic N) is 2. The summed E-state index contributed by atoms with van der Waals surface area (Å²) in [6.07, 6.45) is 1.65. The second-order valence-electron chi connectivity index (χ2n) is 5.90. The molecule has 2 heterocycles. The van der Waals surface area contributed by atoms with Crippen LogP contribution in [-0.2, 0) is 13.0 Å². The van der Waals surface area contributed by atoms with Gasteiger partial charge < -0.3 is 5.32 Å². The number of benzene rings is 2. The molecule has 2 aromatic carbocycles. The van der Waals surface area contributed by atoms with Gasteiger partial charge in [0.05, 0.1) is 16.6 Å². The Hall–Kier alpha value is -2.54. The van der Waals surface area contributed by atoms with Gasteiger partial charge in [-0.1, -0.05) is 15.9 Å². The zero-order valence-corrected chi connectivity index (χ0v) is 14.6. The molecule has 0 saturated heterocycles. The zero-order valence-electron chi connectivity index (χ0n) is 13.1. The largest absolute Gasteiger partial charge is 0.319 e. The van der Waals surface area contributed by atoms with E-state index in [0.717, 1.165) is 18.7 Å². The first-order valence-electron chi connectivity index (χ1n) is 7.83. The Balaban J connectivity index is 1.70. The number of carbonyl (C=O) groups excluding carboxylic acids is 1. The molecule has 1 N–H and O–H groups in total. The van der Waals surface area contributed by atoms with E-state index in [1.165, 1.54) is 12.1 Å². The lowest BCUT2D eigenvalue weighted by Crippen LogP contribution is -2.21. The summed E-state index contributed by atoms with van der Waals surface area (Å²) >= 11 is 3.17. The average molecular weight is 402 g/mol. The number of nitrogens with one attached hydrogen (secondary N) is 1. The van der Waals surface area contributed by atoms with Gasteiger partial charge in [0.2, 0.25) is 0 Å². The Bertz CT molecular complexity index is 1080. The predicted molar refractivity (Wildman–Crippen MR) is 96.4 cm³/mol. The Morgan fingerprint density at radius 3 is 2.88 bits per heavy atom. The second kappa shape index (κ2) is 6.07. The summed E-state index contributed by atoms with van der Waals surface area (Å²) in [5.41, 5.74) is 0.824. The number of halogens is 2. The Kier molecular flexibility index (Phi) is 3.88. The van der Waals surface area contributed by atoms with Crippen LogP contribution in [-0.4, -0.2) is 15.5 Å². The van der Waals surface area contributed by atoms with Gasteiger partial charge in [0.1, 0.15) is 11.6 Å². The van der Waals surface area contributed by atoms with Crippen molar-refractivity contribution in [1.82, 2.24) is 9.55 Å². The number of rotatable bonds is 2. The lowest BCUT2D eigenvalue weighted by atomic mass is 10.1. The highest BCUT2D eigenvalue weighted by atomic mass is 79.9. The average Bonchev–Trinajstić information content (AvgIpc) is 3.05. The van der Waals surface area contributed by atoms with Crippen LogP contribution < -0.4 is 10.9 Å². The maximum Gasteiger partial charge on any atom is 0.261 e. The molecule has 7 heteroatoms. The summed E-state index contributed by atoms with van der Waals surface area (Å²) in [5.74, 6) is -0.239. The minimum Gasteiger partial charge on any atom is -0.319 e.